The summed E-state index contributed by atoms with van der Waals surface area (Å²) in [5.41, 5.74) is 1.08. The van der Waals surface area contributed by atoms with Gasteiger partial charge in [0.2, 0.25) is 0 Å². The van der Waals surface area contributed by atoms with Gasteiger partial charge in [0.25, 0.3) is 0 Å². The van der Waals surface area contributed by atoms with Gasteiger partial charge >= 0.3 is 5.97 Å². The first-order chi connectivity index (χ1) is 7.09. The van der Waals surface area contributed by atoms with Crippen molar-refractivity contribution in [2.45, 2.75) is 6.92 Å². The Morgan fingerprint density at radius 3 is 2.60 bits per heavy atom. The van der Waals surface area contributed by atoms with Gasteiger partial charge in [-0.15, -0.1) is 0 Å². The summed E-state index contributed by atoms with van der Waals surface area (Å²) in [7, 11) is 0. The third kappa shape index (κ3) is 1.63. The predicted octanol–water partition coefficient (Wildman–Crippen LogP) is 2.30. The molecule has 1 aromatic carbocycles. The van der Waals surface area contributed by atoms with Crippen LogP contribution in [0.4, 0.5) is 8.78 Å². The zero-order valence-electron chi connectivity index (χ0n) is 8.01. The molecule has 0 aliphatic carbocycles. The number of esters is 1. The van der Waals surface area contributed by atoms with E-state index >= 15 is 0 Å². The highest BCUT2D eigenvalue weighted by atomic mass is 19.1. The van der Waals surface area contributed by atoms with E-state index in [1.165, 1.54) is 6.07 Å². The number of carbonyl (C=O) groups excluding carboxylic acids is 1. The van der Waals surface area contributed by atoms with Crippen LogP contribution in [-0.4, -0.2) is 12.6 Å². The first-order valence-electron chi connectivity index (χ1n) is 4.42. The van der Waals surface area contributed by atoms with E-state index in [0.29, 0.717) is 11.1 Å². The van der Waals surface area contributed by atoms with Crippen molar-refractivity contribution in [2.24, 2.45) is 0 Å². The molecule has 0 radical (unpaired) electrons. The highest BCUT2D eigenvalue weighted by Crippen LogP contribution is 2.27. The molecule has 1 heterocycles. The summed E-state index contributed by atoms with van der Waals surface area (Å²) in [4.78, 5) is 11.1. The van der Waals surface area contributed by atoms with Crippen LogP contribution >= 0.6 is 0 Å². The van der Waals surface area contributed by atoms with Crippen molar-refractivity contribution in [1.29, 1.82) is 0 Å². The lowest BCUT2D eigenvalue weighted by Gasteiger charge is -2.03. The fourth-order valence-electron chi connectivity index (χ4n) is 1.49. The topological polar surface area (TPSA) is 26.3 Å². The molecule has 0 unspecified atom stereocenters. The van der Waals surface area contributed by atoms with Crippen LogP contribution in [0, 0.1) is 11.6 Å². The van der Waals surface area contributed by atoms with Crippen LogP contribution in [0.3, 0.4) is 0 Å². The lowest BCUT2D eigenvalue weighted by molar-refractivity contribution is -0.135. The number of hydrogen-bond acceptors (Lipinski definition) is 2. The Balaban J connectivity index is 2.51. The molecule has 0 N–H and O–H groups in total. The van der Waals surface area contributed by atoms with Crippen LogP contribution in [0.1, 0.15) is 12.5 Å². The van der Waals surface area contributed by atoms with Gasteiger partial charge < -0.3 is 4.74 Å². The second kappa shape index (κ2) is 3.46. The molecule has 0 saturated carbocycles. The summed E-state index contributed by atoms with van der Waals surface area (Å²) in [6.45, 7) is 1.61. The van der Waals surface area contributed by atoms with Crippen molar-refractivity contribution in [2.75, 3.05) is 6.61 Å². The van der Waals surface area contributed by atoms with E-state index in [1.807, 2.05) is 0 Å². The number of cyclic esters (lactones) is 1. The molecule has 1 aliphatic rings. The number of halogens is 2. The first-order valence-corrected chi connectivity index (χ1v) is 4.42. The number of carbonyl (C=O) groups is 1. The smallest absolute Gasteiger partial charge is 0.334 e. The van der Waals surface area contributed by atoms with Crippen LogP contribution in [0.25, 0.3) is 5.57 Å². The Labute approximate surface area is 85.2 Å². The van der Waals surface area contributed by atoms with Crippen molar-refractivity contribution in [3.8, 4) is 0 Å². The van der Waals surface area contributed by atoms with Gasteiger partial charge in [0.1, 0.15) is 18.2 Å². The van der Waals surface area contributed by atoms with Crippen LogP contribution in [0.15, 0.2) is 23.8 Å². The molecule has 4 heteroatoms. The minimum absolute atomic E-state index is 0.0488. The molecule has 15 heavy (non-hydrogen) atoms. The summed E-state index contributed by atoms with van der Waals surface area (Å²) < 4.78 is 30.8. The monoisotopic (exact) mass is 210 g/mol. The van der Waals surface area contributed by atoms with Gasteiger partial charge in [-0.2, -0.15) is 0 Å². The molecule has 0 aromatic heterocycles. The quantitative estimate of drug-likeness (QED) is 0.665. The van der Waals surface area contributed by atoms with Gasteiger partial charge in [-0.1, -0.05) is 0 Å². The van der Waals surface area contributed by atoms with Crippen molar-refractivity contribution in [3.05, 3.63) is 41.0 Å². The number of benzene rings is 1. The van der Waals surface area contributed by atoms with E-state index in [9.17, 15) is 13.6 Å². The lowest BCUT2D eigenvalue weighted by Crippen LogP contribution is -1.94. The molecule has 78 valence electrons. The maximum atomic E-state index is 13.4. The highest BCUT2D eigenvalue weighted by Gasteiger charge is 2.23. The number of rotatable bonds is 1. The molecular formula is C11H8F2O2. The molecule has 0 spiro atoms. The third-order valence-corrected chi connectivity index (χ3v) is 2.36. The number of hydrogen-bond donors (Lipinski definition) is 0. The summed E-state index contributed by atoms with van der Waals surface area (Å²) in [5.74, 6) is -1.77. The molecule has 0 bridgehead atoms. The average Bonchev–Trinajstić information content (AvgIpc) is 2.49. The van der Waals surface area contributed by atoms with Gasteiger partial charge in [0.05, 0.1) is 0 Å². The highest BCUT2D eigenvalue weighted by molar-refractivity contribution is 6.01. The Hall–Kier alpha value is -1.71. The lowest BCUT2D eigenvalue weighted by atomic mass is 10.0. The Morgan fingerprint density at radius 1 is 1.33 bits per heavy atom. The summed E-state index contributed by atoms with van der Waals surface area (Å²) >= 11 is 0. The fraction of sp³-hybridized carbons (Fsp3) is 0.182. The van der Waals surface area contributed by atoms with Crippen LogP contribution in [0.5, 0.6) is 0 Å². The fourth-order valence-corrected chi connectivity index (χ4v) is 1.49. The SMILES string of the molecule is CC1=C(c2ccc(F)cc2F)COC1=O. The molecule has 1 aromatic rings. The van der Waals surface area contributed by atoms with Crippen LogP contribution < -0.4 is 0 Å². The van der Waals surface area contributed by atoms with E-state index < -0.39 is 17.6 Å². The summed E-state index contributed by atoms with van der Waals surface area (Å²) in [6.07, 6.45) is 0. The predicted molar refractivity (Wildman–Crippen MR) is 49.9 cm³/mol. The van der Waals surface area contributed by atoms with Gasteiger partial charge in [0, 0.05) is 22.8 Å². The molecule has 0 fully saturated rings. The maximum Gasteiger partial charge on any atom is 0.334 e. The Kier molecular flexibility index (Phi) is 2.26. The Bertz CT molecular complexity index is 464. The molecule has 2 rings (SSSR count). The van der Waals surface area contributed by atoms with E-state index in [1.54, 1.807) is 6.92 Å². The van der Waals surface area contributed by atoms with Crippen molar-refractivity contribution >= 4 is 11.5 Å². The second-order valence-electron chi connectivity index (χ2n) is 3.30. The van der Waals surface area contributed by atoms with Crippen LogP contribution in [-0.2, 0) is 9.53 Å². The van der Waals surface area contributed by atoms with E-state index in [2.05, 4.69) is 0 Å². The van der Waals surface area contributed by atoms with Gasteiger partial charge in [-0.25, -0.2) is 13.6 Å². The summed E-state index contributed by atoms with van der Waals surface area (Å²) in [6, 6.07) is 3.26. The Morgan fingerprint density at radius 2 is 2.07 bits per heavy atom. The molecule has 2 nitrogen and oxygen atoms in total. The second-order valence-corrected chi connectivity index (χ2v) is 3.30. The third-order valence-electron chi connectivity index (χ3n) is 2.36. The van der Waals surface area contributed by atoms with E-state index in [0.717, 1.165) is 12.1 Å². The van der Waals surface area contributed by atoms with Gasteiger partial charge in [-0.3, -0.25) is 0 Å². The molecule has 0 amide bonds. The zero-order chi connectivity index (χ0) is 11.0. The van der Waals surface area contributed by atoms with E-state index in [-0.39, 0.29) is 12.2 Å². The van der Waals surface area contributed by atoms with Gasteiger partial charge in [-0.05, 0) is 19.1 Å². The van der Waals surface area contributed by atoms with E-state index in [4.69, 9.17) is 4.74 Å². The van der Waals surface area contributed by atoms with Crippen molar-refractivity contribution in [3.63, 3.8) is 0 Å². The number of ether oxygens (including phenoxy) is 1. The molecule has 0 atom stereocenters. The molecular weight excluding hydrogens is 202 g/mol. The minimum Gasteiger partial charge on any atom is -0.457 e. The molecule has 1 aliphatic heterocycles. The zero-order valence-corrected chi connectivity index (χ0v) is 8.01. The van der Waals surface area contributed by atoms with Crippen LogP contribution in [0.2, 0.25) is 0 Å². The normalized spacial score (nSPS) is 15.8. The average molecular weight is 210 g/mol. The van der Waals surface area contributed by atoms with Crippen molar-refractivity contribution < 1.29 is 18.3 Å². The van der Waals surface area contributed by atoms with Gasteiger partial charge in [0.15, 0.2) is 0 Å². The minimum atomic E-state index is -0.678. The largest absolute Gasteiger partial charge is 0.457 e. The maximum absolute atomic E-state index is 13.4. The standard InChI is InChI=1S/C11H8F2O2/c1-6-9(5-15-11(6)14)8-3-2-7(12)4-10(8)13/h2-4H,5H2,1H3. The first kappa shape index (κ1) is 9.83. The summed E-state index contributed by atoms with van der Waals surface area (Å²) in [5, 5.41) is 0. The molecule has 0 saturated heterocycles. The van der Waals surface area contributed by atoms with Crippen molar-refractivity contribution in [1.82, 2.24) is 0 Å².